The van der Waals surface area contributed by atoms with Crippen molar-refractivity contribution < 1.29 is 0 Å². The molecule has 0 radical (unpaired) electrons. The lowest BCUT2D eigenvalue weighted by Gasteiger charge is -2.32. The van der Waals surface area contributed by atoms with Crippen LogP contribution < -0.4 is 42.4 Å². The topological polar surface area (TPSA) is 0 Å². The highest BCUT2D eigenvalue weighted by Gasteiger charge is 2.28. The number of hydrogen-bond acceptors (Lipinski definition) is 0. The maximum Gasteiger partial charge on any atom is -0.0112 e. The van der Waals surface area contributed by atoms with Crippen molar-refractivity contribution in [3.8, 4) is 0 Å². The predicted molar refractivity (Wildman–Crippen MR) is 274 cm³/mol. The smallest absolute Gasteiger partial charge is 0.0112 e. The van der Waals surface area contributed by atoms with E-state index in [4.69, 9.17) is 0 Å². The van der Waals surface area contributed by atoms with E-state index in [2.05, 4.69) is 263 Å². The molecule has 300 valence electrons. The first-order valence-electron chi connectivity index (χ1n) is 21.1. The van der Waals surface area contributed by atoms with Crippen molar-refractivity contribution in [2.24, 2.45) is 0 Å². The average molecular weight is 853 g/mol. The lowest BCUT2D eigenvalue weighted by molar-refractivity contribution is 0.793. The largest absolute Gasteiger partial charge is 0.0622 e. The number of benzene rings is 8. The monoisotopic (exact) mass is 852 g/mol. The Hall–Kier alpha value is -4.52. The van der Waals surface area contributed by atoms with Crippen molar-refractivity contribution in [2.45, 2.75) is 44.2 Å². The summed E-state index contributed by atoms with van der Waals surface area (Å²) in [4.78, 5) is 0. The summed E-state index contributed by atoms with van der Waals surface area (Å²) in [5, 5.41) is 11.8. The first-order valence-corrected chi connectivity index (χ1v) is 26.9. The zero-order valence-electron chi connectivity index (χ0n) is 35.0. The third-order valence-electron chi connectivity index (χ3n) is 10.8. The molecule has 0 bridgehead atoms. The molecule has 3 unspecified atom stereocenters. The van der Waals surface area contributed by atoms with E-state index in [0.717, 1.165) is 0 Å². The van der Waals surface area contributed by atoms with Gasteiger partial charge in [0.1, 0.15) is 0 Å². The minimum absolute atomic E-state index is 0.387. The molecule has 0 heterocycles. The molecular formula is C56H56P4. The molecule has 0 saturated carbocycles. The molecule has 4 heteroatoms. The van der Waals surface area contributed by atoms with Gasteiger partial charge in [0.25, 0.3) is 0 Å². The van der Waals surface area contributed by atoms with Crippen LogP contribution in [0.1, 0.15) is 27.2 Å². The van der Waals surface area contributed by atoms with Crippen molar-refractivity contribution in [3.05, 3.63) is 243 Å². The van der Waals surface area contributed by atoms with Crippen molar-refractivity contribution in [1.29, 1.82) is 0 Å². The van der Waals surface area contributed by atoms with Crippen LogP contribution in [0.3, 0.4) is 0 Å². The van der Waals surface area contributed by atoms with E-state index in [-0.39, 0.29) is 7.92 Å². The third-order valence-corrected chi connectivity index (χ3v) is 22.2. The van der Waals surface area contributed by atoms with E-state index in [1.54, 1.807) is 0 Å². The lowest BCUT2D eigenvalue weighted by Crippen LogP contribution is -2.26. The maximum atomic E-state index is 2.46. The zero-order chi connectivity index (χ0) is 41.4. The second-order valence-electron chi connectivity index (χ2n) is 15.2. The molecule has 0 fully saturated rings. The van der Waals surface area contributed by atoms with E-state index >= 15 is 0 Å². The molecule has 0 spiro atoms. The molecule has 0 N–H and O–H groups in total. The molecule has 60 heavy (non-hydrogen) atoms. The Morgan fingerprint density at radius 3 is 0.650 bits per heavy atom. The summed E-state index contributed by atoms with van der Waals surface area (Å²) in [6.45, 7) is 7.38. The van der Waals surface area contributed by atoms with E-state index in [0.29, 0.717) is 17.0 Å². The van der Waals surface area contributed by atoms with Gasteiger partial charge in [0.15, 0.2) is 0 Å². The standard InChI is InChI=1S/C29H30P2.C27H26P2/c1-24(30(26-15-7-3-8-16-26)27-17-9-4-10-18-27)23-25(2)31(28-19-11-5-12-20-28)29-21-13-6-14-22-29;1-23(29(26-18-10-4-11-19-26)27-20-12-5-13-21-27)22-28(24-14-6-2-7-15-24)25-16-8-3-9-17-25/h3-22,24-25H,23H2,1-2H3;2-21,23H,22H2,1H3. The lowest BCUT2D eigenvalue weighted by atomic mass is 10.3. The van der Waals surface area contributed by atoms with Crippen LogP contribution in [0.2, 0.25) is 0 Å². The molecule has 0 aliphatic carbocycles. The minimum atomic E-state index is -0.409. The van der Waals surface area contributed by atoms with Crippen molar-refractivity contribution in [1.82, 2.24) is 0 Å². The molecule has 0 aliphatic rings. The van der Waals surface area contributed by atoms with Gasteiger partial charge in [-0.05, 0) is 104 Å². The second kappa shape index (κ2) is 22.9. The average Bonchev–Trinajstić information content (AvgIpc) is 3.31. The molecule has 3 atom stereocenters. The Balaban J connectivity index is 0.000000182. The molecule has 0 saturated heterocycles. The van der Waals surface area contributed by atoms with E-state index in [9.17, 15) is 0 Å². The summed E-state index contributed by atoms with van der Waals surface area (Å²) in [6.07, 6.45) is 2.41. The van der Waals surface area contributed by atoms with Crippen molar-refractivity contribution in [3.63, 3.8) is 0 Å². The Labute approximate surface area is 365 Å². The normalized spacial score (nSPS) is 12.8. The van der Waals surface area contributed by atoms with Gasteiger partial charge >= 0.3 is 0 Å². The van der Waals surface area contributed by atoms with Gasteiger partial charge in [-0.25, -0.2) is 0 Å². The number of rotatable bonds is 15. The third kappa shape index (κ3) is 11.9. The fourth-order valence-electron chi connectivity index (χ4n) is 8.13. The molecule has 0 nitrogen and oxygen atoms in total. The molecular weight excluding hydrogens is 797 g/mol. The van der Waals surface area contributed by atoms with Crippen LogP contribution >= 0.6 is 31.7 Å². The quantitative estimate of drug-likeness (QED) is 0.0902. The molecule has 8 aromatic carbocycles. The summed E-state index contributed by atoms with van der Waals surface area (Å²) in [5.74, 6) is 0. The van der Waals surface area contributed by atoms with E-state index < -0.39 is 23.8 Å². The van der Waals surface area contributed by atoms with Crippen LogP contribution in [-0.2, 0) is 0 Å². The van der Waals surface area contributed by atoms with Crippen molar-refractivity contribution in [2.75, 3.05) is 6.16 Å². The van der Waals surface area contributed by atoms with Gasteiger partial charge < -0.3 is 0 Å². The Morgan fingerprint density at radius 1 is 0.250 bits per heavy atom. The fraction of sp³-hybridized carbons (Fsp3) is 0.143. The van der Waals surface area contributed by atoms with Gasteiger partial charge in [-0.3, -0.25) is 0 Å². The van der Waals surface area contributed by atoms with Gasteiger partial charge in [-0.15, -0.1) is 0 Å². The first kappa shape index (κ1) is 43.6. The Kier molecular flexibility index (Phi) is 16.6. The molecule has 0 aliphatic heterocycles. The van der Waals surface area contributed by atoms with Gasteiger partial charge in [0, 0.05) is 0 Å². The highest BCUT2D eigenvalue weighted by atomic mass is 31.1. The summed E-state index contributed by atoms with van der Waals surface area (Å²) in [6, 6.07) is 88.8. The summed E-state index contributed by atoms with van der Waals surface area (Å²) in [5.41, 5.74) is 1.79. The molecule has 0 amide bonds. The van der Waals surface area contributed by atoms with Gasteiger partial charge in [0.2, 0.25) is 0 Å². The molecule has 8 rings (SSSR count). The number of hydrogen-bond donors (Lipinski definition) is 0. The van der Waals surface area contributed by atoms with Crippen LogP contribution in [-0.4, -0.2) is 23.1 Å². The Bertz CT molecular complexity index is 2120. The molecule has 0 aromatic heterocycles. The minimum Gasteiger partial charge on any atom is -0.0622 e. The predicted octanol–water partition coefficient (Wildman–Crippen LogP) is 12.1. The first-order chi connectivity index (χ1) is 29.6. The van der Waals surface area contributed by atoms with Crippen LogP contribution in [0.4, 0.5) is 0 Å². The molecule has 8 aromatic rings. The maximum absolute atomic E-state index is 2.46. The van der Waals surface area contributed by atoms with Crippen molar-refractivity contribution >= 4 is 74.1 Å². The summed E-state index contributed by atoms with van der Waals surface area (Å²) < 4.78 is 0. The SMILES string of the molecule is CC(CC(C)P(c1ccccc1)c1ccccc1)P(c1ccccc1)c1ccccc1.CC(CP(c1ccccc1)c1ccccc1)P(c1ccccc1)c1ccccc1. The van der Waals surface area contributed by atoms with E-state index in [1.807, 2.05) is 0 Å². The van der Waals surface area contributed by atoms with Crippen LogP contribution in [0.25, 0.3) is 0 Å². The highest BCUT2D eigenvalue weighted by Crippen LogP contribution is 2.48. The fourth-order valence-corrected chi connectivity index (χ4v) is 19.7. The van der Waals surface area contributed by atoms with E-state index in [1.165, 1.54) is 55.0 Å². The highest BCUT2D eigenvalue weighted by molar-refractivity contribution is 7.77. The van der Waals surface area contributed by atoms with Gasteiger partial charge in [-0.1, -0.05) is 263 Å². The Morgan fingerprint density at radius 2 is 0.433 bits per heavy atom. The van der Waals surface area contributed by atoms with Crippen LogP contribution in [0.15, 0.2) is 243 Å². The van der Waals surface area contributed by atoms with Gasteiger partial charge in [-0.2, -0.15) is 0 Å². The second-order valence-corrected chi connectivity index (χ2v) is 25.4. The van der Waals surface area contributed by atoms with Crippen LogP contribution in [0, 0.1) is 0 Å². The summed E-state index contributed by atoms with van der Waals surface area (Å²) in [7, 11) is -1.59. The van der Waals surface area contributed by atoms with Crippen LogP contribution in [0.5, 0.6) is 0 Å². The zero-order valence-corrected chi connectivity index (χ0v) is 38.6. The van der Waals surface area contributed by atoms with Gasteiger partial charge in [0.05, 0.1) is 0 Å². The summed E-state index contributed by atoms with van der Waals surface area (Å²) >= 11 is 0.